The molecule has 1 aromatic carbocycles. The molecule has 0 atom stereocenters. The highest BCUT2D eigenvalue weighted by molar-refractivity contribution is 9.10. The van der Waals surface area contributed by atoms with Crippen LogP contribution in [0.25, 0.3) is 0 Å². The van der Waals surface area contributed by atoms with Gasteiger partial charge in [0.1, 0.15) is 5.69 Å². The molecule has 1 amide bonds. The first-order valence-corrected chi connectivity index (χ1v) is 7.00. The average Bonchev–Trinajstić information content (AvgIpc) is 2.86. The third kappa shape index (κ3) is 2.57. The number of hydrogen-bond donors (Lipinski definition) is 3. The van der Waals surface area contributed by atoms with Crippen molar-refractivity contribution in [3.8, 4) is 0 Å². The molecule has 19 heavy (non-hydrogen) atoms. The number of anilines is 1. The summed E-state index contributed by atoms with van der Waals surface area (Å²) in [6.07, 6.45) is 2.75. The van der Waals surface area contributed by atoms with Crippen LogP contribution in [0.15, 0.2) is 34.9 Å². The smallest absolute Gasteiger partial charge is 0.272 e. The van der Waals surface area contributed by atoms with Crippen molar-refractivity contribution in [3.05, 3.63) is 51.8 Å². The fourth-order valence-corrected chi connectivity index (χ4v) is 2.66. The number of carbonyl (C=O) groups excluding carboxylic acids is 1. The molecule has 0 unspecified atom stereocenters. The second-order valence-electron chi connectivity index (χ2n) is 4.56. The van der Waals surface area contributed by atoms with Gasteiger partial charge < -0.3 is 15.6 Å². The van der Waals surface area contributed by atoms with Gasteiger partial charge >= 0.3 is 0 Å². The number of carbonyl (C=O) groups is 1. The van der Waals surface area contributed by atoms with E-state index in [1.54, 1.807) is 12.3 Å². The third-order valence-corrected chi connectivity index (χ3v) is 3.74. The monoisotopic (exact) mass is 319 g/mol. The van der Waals surface area contributed by atoms with E-state index >= 15 is 0 Å². The number of benzene rings is 1. The molecule has 1 aliphatic heterocycles. The van der Waals surface area contributed by atoms with Crippen LogP contribution in [0.2, 0.25) is 0 Å². The number of rotatable bonds is 2. The van der Waals surface area contributed by atoms with Gasteiger partial charge in [0.2, 0.25) is 0 Å². The first-order chi connectivity index (χ1) is 9.24. The second kappa shape index (κ2) is 5.19. The van der Waals surface area contributed by atoms with E-state index in [4.69, 9.17) is 0 Å². The van der Waals surface area contributed by atoms with Gasteiger partial charge in [-0.3, -0.25) is 4.79 Å². The van der Waals surface area contributed by atoms with Crippen LogP contribution in [0, 0.1) is 0 Å². The molecule has 3 rings (SSSR count). The fourth-order valence-electron chi connectivity index (χ4n) is 2.32. The lowest BCUT2D eigenvalue weighted by Gasteiger charge is -2.20. The van der Waals surface area contributed by atoms with Gasteiger partial charge in [-0.15, -0.1) is 0 Å². The summed E-state index contributed by atoms with van der Waals surface area (Å²) in [4.78, 5) is 15.1. The zero-order valence-corrected chi connectivity index (χ0v) is 11.9. The van der Waals surface area contributed by atoms with Crippen molar-refractivity contribution >= 4 is 27.5 Å². The molecule has 1 aliphatic rings. The number of fused-ring (bicyclic) bond motifs is 1. The standard InChI is InChI=1S/C14H14BrN3O/c15-10-6-13(17-7-10)14(19)18-12-3-1-2-9-4-5-16-8-11(9)12/h1-3,6-7,16-17H,4-5,8H2,(H,18,19). The first kappa shape index (κ1) is 12.4. The maximum atomic E-state index is 12.1. The quantitative estimate of drug-likeness (QED) is 0.797. The van der Waals surface area contributed by atoms with Crippen LogP contribution in [-0.2, 0) is 13.0 Å². The fraction of sp³-hybridized carbons (Fsp3) is 0.214. The maximum Gasteiger partial charge on any atom is 0.272 e. The van der Waals surface area contributed by atoms with Crippen molar-refractivity contribution in [2.75, 3.05) is 11.9 Å². The van der Waals surface area contributed by atoms with Crippen LogP contribution < -0.4 is 10.6 Å². The predicted octanol–water partition coefficient (Wildman–Crippen LogP) is 2.68. The SMILES string of the molecule is O=C(Nc1cccc2c1CNCC2)c1cc(Br)c[nH]1. The third-order valence-electron chi connectivity index (χ3n) is 3.29. The Kier molecular flexibility index (Phi) is 3.40. The van der Waals surface area contributed by atoms with Gasteiger partial charge in [0, 0.05) is 22.9 Å². The molecule has 3 N–H and O–H groups in total. The van der Waals surface area contributed by atoms with Gasteiger partial charge in [0.15, 0.2) is 0 Å². The van der Waals surface area contributed by atoms with Gasteiger partial charge in [-0.2, -0.15) is 0 Å². The van der Waals surface area contributed by atoms with E-state index in [0.717, 1.165) is 29.7 Å². The van der Waals surface area contributed by atoms with E-state index < -0.39 is 0 Å². The molecule has 98 valence electrons. The molecule has 0 bridgehead atoms. The highest BCUT2D eigenvalue weighted by Gasteiger charge is 2.15. The Morgan fingerprint density at radius 1 is 1.37 bits per heavy atom. The van der Waals surface area contributed by atoms with Crippen LogP contribution in [0.4, 0.5) is 5.69 Å². The first-order valence-electron chi connectivity index (χ1n) is 6.21. The Morgan fingerprint density at radius 3 is 3.05 bits per heavy atom. The van der Waals surface area contributed by atoms with Crippen LogP contribution in [-0.4, -0.2) is 17.4 Å². The van der Waals surface area contributed by atoms with E-state index in [0.29, 0.717) is 5.69 Å². The lowest BCUT2D eigenvalue weighted by Crippen LogP contribution is -2.25. The molecule has 0 saturated heterocycles. The Bertz CT molecular complexity index is 621. The Labute approximate surface area is 119 Å². The Balaban J connectivity index is 1.85. The molecule has 0 saturated carbocycles. The second-order valence-corrected chi connectivity index (χ2v) is 5.47. The van der Waals surface area contributed by atoms with E-state index in [1.807, 2.05) is 12.1 Å². The topological polar surface area (TPSA) is 56.9 Å². The highest BCUT2D eigenvalue weighted by atomic mass is 79.9. The highest BCUT2D eigenvalue weighted by Crippen LogP contribution is 2.23. The molecular formula is C14H14BrN3O. The number of aromatic amines is 1. The molecular weight excluding hydrogens is 306 g/mol. The van der Waals surface area contributed by atoms with Crippen molar-refractivity contribution in [2.24, 2.45) is 0 Å². The van der Waals surface area contributed by atoms with Crippen LogP contribution >= 0.6 is 15.9 Å². The Morgan fingerprint density at radius 2 is 2.26 bits per heavy atom. The average molecular weight is 320 g/mol. The summed E-state index contributed by atoms with van der Waals surface area (Å²) in [5.74, 6) is -0.121. The molecule has 0 fully saturated rings. The number of hydrogen-bond acceptors (Lipinski definition) is 2. The summed E-state index contributed by atoms with van der Waals surface area (Å²) >= 11 is 3.32. The number of H-pyrrole nitrogens is 1. The summed E-state index contributed by atoms with van der Waals surface area (Å²) in [6.45, 7) is 1.80. The lowest BCUT2D eigenvalue weighted by atomic mass is 9.99. The molecule has 1 aromatic heterocycles. The van der Waals surface area contributed by atoms with E-state index in [9.17, 15) is 4.79 Å². The van der Waals surface area contributed by atoms with Gasteiger partial charge in [-0.05, 0) is 52.2 Å². The van der Waals surface area contributed by atoms with Crippen molar-refractivity contribution in [1.82, 2.24) is 10.3 Å². The molecule has 5 heteroatoms. The largest absolute Gasteiger partial charge is 0.356 e. The van der Waals surface area contributed by atoms with Crippen molar-refractivity contribution in [2.45, 2.75) is 13.0 Å². The molecule has 2 aromatic rings. The van der Waals surface area contributed by atoms with Crippen molar-refractivity contribution in [1.29, 1.82) is 0 Å². The summed E-state index contributed by atoms with van der Waals surface area (Å²) in [6, 6.07) is 7.83. The minimum absolute atomic E-state index is 0.121. The van der Waals surface area contributed by atoms with Crippen LogP contribution in [0.5, 0.6) is 0 Å². The van der Waals surface area contributed by atoms with Gasteiger partial charge in [-0.25, -0.2) is 0 Å². The zero-order valence-electron chi connectivity index (χ0n) is 10.3. The van der Waals surface area contributed by atoms with Crippen LogP contribution in [0.3, 0.4) is 0 Å². The molecule has 0 spiro atoms. The number of nitrogens with one attached hydrogen (secondary N) is 3. The van der Waals surface area contributed by atoms with E-state index in [-0.39, 0.29) is 5.91 Å². The van der Waals surface area contributed by atoms with E-state index in [1.165, 1.54) is 11.1 Å². The molecule has 4 nitrogen and oxygen atoms in total. The molecule has 0 radical (unpaired) electrons. The summed E-state index contributed by atoms with van der Waals surface area (Å²) in [5.41, 5.74) is 3.94. The zero-order chi connectivity index (χ0) is 13.2. The number of halogens is 1. The number of amides is 1. The van der Waals surface area contributed by atoms with Gasteiger partial charge in [0.25, 0.3) is 5.91 Å². The van der Waals surface area contributed by atoms with Crippen molar-refractivity contribution in [3.63, 3.8) is 0 Å². The summed E-state index contributed by atoms with van der Waals surface area (Å²) in [5, 5.41) is 6.30. The number of aromatic nitrogens is 1. The van der Waals surface area contributed by atoms with Gasteiger partial charge in [0.05, 0.1) is 0 Å². The van der Waals surface area contributed by atoms with E-state index in [2.05, 4.69) is 37.6 Å². The normalized spacial score (nSPS) is 13.9. The van der Waals surface area contributed by atoms with Crippen LogP contribution in [0.1, 0.15) is 21.6 Å². The minimum atomic E-state index is -0.121. The van der Waals surface area contributed by atoms with Crippen molar-refractivity contribution < 1.29 is 4.79 Å². The lowest BCUT2D eigenvalue weighted by molar-refractivity contribution is 0.102. The van der Waals surface area contributed by atoms with Gasteiger partial charge in [-0.1, -0.05) is 12.1 Å². The minimum Gasteiger partial charge on any atom is -0.356 e. The maximum absolute atomic E-state index is 12.1. The molecule has 2 heterocycles. The predicted molar refractivity (Wildman–Crippen MR) is 78.3 cm³/mol. The summed E-state index contributed by atoms with van der Waals surface area (Å²) < 4.78 is 0.870. The Hall–Kier alpha value is -1.59. The summed E-state index contributed by atoms with van der Waals surface area (Å²) in [7, 11) is 0. The molecule has 0 aliphatic carbocycles.